The van der Waals surface area contributed by atoms with Crippen molar-refractivity contribution in [2.45, 2.75) is 91.3 Å². The highest BCUT2D eigenvalue weighted by molar-refractivity contribution is 7.13. The molecule has 0 saturated carbocycles. The fourth-order valence-corrected chi connectivity index (χ4v) is 11.9. The van der Waals surface area contributed by atoms with Gasteiger partial charge in [0, 0.05) is 83.8 Å². The number of unbranched alkanes of at least 4 members (excludes halogenated alkanes) is 1. The van der Waals surface area contributed by atoms with Gasteiger partial charge < -0.3 is 64.3 Å². The van der Waals surface area contributed by atoms with E-state index in [0.29, 0.717) is 133 Å². The maximum absolute atomic E-state index is 17.0. The van der Waals surface area contributed by atoms with Crippen LogP contribution >= 0.6 is 22.9 Å². The number of amides is 5. The van der Waals surface area contributed by atoms with Crippen LogP contribution in [0.1, 0.15) is 83.5 Å². The van der Waals surface area contributed by atoms with E-state index in [-0.39, 0.29) is 90.3 Å². The van der Waals surface area contributed by atoms with Gasteiger partial charge in [-0.25, -0.2) is 14.4 Å². The summed E-state index contributed by atoms with van der Waals surface area (Å²) in [6.45, 7) is 14.8. The number of carbonyl (C=O) groups is 5. The van der Waals surface area contributed by atoms with E-state index in [1.165, 1.54) is 11.0 Å². The van der Waals surface area contributed by atoms with Crippen molar-refractivity contribution in [1.29, 1.82) is 0 Å². The van der Waals surface area contributed by atoms with Crippen molar-refractivity contribution in [2.24, 2.45) is 5.41 Å². The summed E-state index contributed by atoms with van der Waals surface area (Å²) in [7, 11) is 3.35. The highest BCUT2D eigenvalue weighted by Gasteiger charge is 2.42. The number of rotatable bonds is 31. The molecule has 6 aromatic rings. The number of phenolic OH excluding ortho intramolecular Hbond substituents is 1. The van der Waals surface area contributed by atoms with Crippen LogP contribution in [0, 0.1) is 18.2 Å². The molecule has 0 aliphatic carbocycles. The summed E-state index contributed by atoms with van der Waals surface area (Å²) in [5, 5.41) is 21.6. The van der Waals surface area contributed by atoms with E-state index in [9.17, 15) is 29.1 Å². The first kappa shape index (κ1) is 67.8. The molecule has 2 aromatic heterocycles. The zero-order valence-electron chi connectivity index (χ0n) is 52.0. The number of ether oxygens (including phenoxy) is 5. The van der Waals surface area contributed by atoms with Gasteiger partial charge in [0.1, 0.15) is 35.8 Å². The van der Waals surface area contributed by atoms with Gasteiger partial charge in [0.2, 0.25) is 35.5 Å². The van der Waals surface area contributed by atoms with Gasteiger partial charge in [0.05, 0.1) is 80.0 Å². The Kier molecular flexibility index (Phi) is 24.8. The number of hydrogen-bond donors (Lipinski definition) is 4. The maximum atomic E-state index is 17.0. The summed E-state index contributed by atoms with van der Waals surface area (Å²) in [5.74, 6) is -1.14. The molecule has 0 unspecified atom stereocenters. The molecule has 2 aliphatic rings. The summed E-state index contributed by atoms with van der Waals surface area (Å²) < 4.78 is 45.1. The van der Waals surface area contributed by atoms with Crippen molar-refractivity contribution in [2.75, 3.05) is 130 Å². The predicted molar refractivity (Wildman–Crippen MR) is 343 cm³/mol. The molecule has 2 aliphatic heterocycles. The minimum atomic E-state index is -0.869. The molecule has 4 aromatic carbocycles. The molecule has 24 heteroatoms. The molecule has 2 fully saturated rings. The minimum absolute atomic E-state index is 0.0265. The number of aryl methyl sites for hydroxylation is 1. The van der Waals surface area contributed by atoms with Crippen LogP contribution in [0.15, 0.2) is 72.2 Å². The summed E-state index contributed by atoms with van der Waals surface area (Å²) >= 11 is 8.50. The molecule has 8 rings (SSSR count). The summed E-state index contributed by atoms with van der Waals surface area (Å²) in [5.41, 5.74) is 4.73. The fourth-order valence-electron chi connectivity index (χ4n) is 10.8. The third-order valence-electron chi connectivity index (χ3n) is 15.7. The Morgan fingerprint density at radius 2 is 1.47 bits per heavy atom. The molecule has 89 heavy (non-hydrogen) atoms. The van der Waals surface area contributed by atoms with Crippen LogP contribution in [0.3, 0.4) is 0 Å². The van der Waals surface area contributed by atoms with E-state index in [1.807, 2.05) is 98.5 Å². The quantitative estimate of drug-likeness (QED) is 0.0298. The summed E-state index contributed by atoms with van der Waals surface area (Å²) in [6.07, 6.45) is 3.11. The van der Waals surface area contributed by atoms with Crippen LogP contribution in [0.4, 0.5) is 16.2 Å². The average molecular weight is 1270 g/mol. The van der Waals surface area contributed by atoms with Gasteiger partial charge >= 0.3 is 0 Å². The molecule has 4 heterocycles. The molecule has 0 spiro atoms. The molecule has 0 radical (unpaired) electrons. The number of nitrogens with zero attached hydrogens (tertiary/aromatic N) is 7. The van der Waals surface area contributed by atoms with Crippen LogP contribution in [0.25, 0.3) is 43.2 Å². The number of carbonyl (C=O) groups excluding carboxylic acids is 5. The minimum Gasteiger partial charge on any atom is -0.508 e. The number of fused-ring (bicyclic) bond motifs is 2. The number of anilines is 2. The molecule has 4 N–H and O–H groups in total. The topological polar surface area (TPSA) is 239 Å². The Labute approximate surface area is 528 Å². The largest absolute Gasteiger partial charge is 0.508 e. The molecule has 0 bridgehead atoms. The number of nitrogens with one attached hydrogen (secondary N) is 3. The number of phenols is 1. The number of aromatic hydroxyl groups is 1. The summed E-state index contributed by atoms with van der Waals surface area (Å²) in [4.78, 5) is 88.1. The third-order valence-corrected chi connectivity index (χ3v) is 17.0. The molecule has 2 saturated heterocycles. The van der Waals surface area contributed by atoms with Crippen LogP contribution in [0.2, 0.25) is 5.02 Å². The zero-order chi connectivity index (χ0) is 63.6. The lowest BCUT2D eigenvalue weighted by Gasteiger charge is -2.36. The Balaban J connectivity index is 0.659. The van der Waals surface area contributed by atoms with Gasteiger partial charge in [-0.1, -0.05) is 80.9 Å². The molecular formula is C65H84ClFN10O11S. The van der Waals surface area contributed by atoms with Crippen LogP contribution < -0.4 is 20.9 Å². The van der Waals surface area contributed by atoms with Crippen molar-refractivity contribution in [3.8, 4) is 27.3 Å². The van der Waals surface area contributed by atoms with Crippen LogP contribution in [-0.4, -0.2) is 196 Å². The number of benzene rings is 4. The second kappa shape index (κ2) is 32.6. The first-order valence-electron chi connectivity index (χ1n) is 30.5. The third kappa shape index (κ3) is 18.5. The lowest BCUT2D eigenvalue weighted by Crippen LogP contribution is -2.58. The molecular weight excluding hydrogens is 1180 g/mol. The number of aromatic nitrogens is 3. The van der Waals surface area contributed by atoms with E-state index in [0.717, 1.165) is 27.1 Å². The number of thiazole rings is 1. The lowest BCUT2D eigenvalue weighted by molar-refractivity contribution is -0.144. The SMILES string of the molecule is Cc1ncsc1-c1ccc([C@H](C)NC(=O)[C@@H]2CCCN2C(=O)[C@@H](NC(=O)COCCOCCOCCOCCOCCCCC(=O)N2CCN(c3nc(NCCC(=O)N(C)C)nc4c(F)c(-c5cc(O)cc6ccccc56)c(Cl)cc34)CC2)C(C)(C)C)cc1. The Bertz CT molecular complexity index is 3380. The maximum Gasteiger partial charge on any atom is 0.246 e. The first-order valence-corrected chi connectivity index (χ1v) is 31.7. The van der Waals surface area contributed by atoms with Gasteiger partial charge in [-0.15, -0.1) is 11.3 Å². The number of halogens is 2. The molecule has 3 atom stereocenters. The molecule has 5 amide bonds. The first-order chi connectivity index (χ1) is 42.8. The van der Waals surface area contributed by atoms with Gasteiger partial charge in [0.15, 0.2) is 5.82 Å². The highest BCUT2D eigenvalue weighted by Crippen LogP contribution is 2.43. The number of piperazine rings is 1. The Morgan fingerprint density at radius 1 is 0.809 bits per heavy atom. The second-order valence-electron chi connectivity index (χ2n) is 23.5. The Hall–Kier alpha value is -7.12. The van der Waals surface area contributed by atoms with Gasteiger partial charge in [-0.2, -0.15) is 4.98 Å². The number of hydrogen-bond acceptors (Lipinski definition) is 17. The van der Waals surface area contributed by atoms with Gasteiger partial charge in [-0.3, -0.25) is 24.0 Å². The van der Waals surface area contributed by atoms with Crippen molar-refractivity contribution >= 4 is 85.9 Å². The number of likely N-dealkylation sites (tertiary alicyclic amines) is 1. The smallest absolute Gasteiger partial charge is 0.246 e. The molecule has 480 valence electrons. The van der Waals surface area contributed by atoms with Crippen molar-refractivity contribution in [3.63, 3.8) is 0 Å². The predicted octanol–water partition coefficient (Wildman–Crippen LogP) is 8.57. The van der Waals surface area contributed by atoms with Crippen molar-refractivity contribution in [3.05, 3.63) is 94.3 Å². The van der Waals surface area contributed by atoms with E-state index < -0.39 is 29.2 Å². The monoisotopic (exact) mass is 1270 g/mol. The van der Waals surface area contributed by atoms with Gasteiger partial charge in [0.25, 0.3) is 0 Å². The van der Waals surface area contributed by atoms with Crippen molar-refractivity contribution in [1.82, 2.24) is 40.3 Å². The summed E-state index contributed by atoms with van der Waals surface area (Å²) in [6, 6.07) is 18.4. The lowest BCUT2D eigenvalue weighted by atomic mass is 9.85. The Morgan fingerprint density at radius 3 is 2.12 bits per heavy atom. The highest BCUT2D eigenvalue weighted by atomic mass is 35.5. The van der Waals surface area contributed by atoms with E-state index >= 15 is 4.39 Å². The van der Waals surface area contributed by atoms with Crippen LogP contribution in [0.5, 0.6) is 5.75 Å². The van der Waals surface area contributed by atoms with Gasteiger partial charge in [-0.05, 0) is 90.6 Å². The van der Waals surface area contributed by atoms with Crippen LogP contribution in [-0.2, 0) is 47.7 Å². The standard InChI is InChI=1S/C65H84ClFN10O11S/c1-42(44-17-19-45(20-18-44)59-43(2)69-41-89-59)70-62(82)52-15-12-23-77(52)63(83)60(65(3,4)5)71-53(79)40-88-36-35-87-34-33-86-32-31-85-30-29-84-28-11-10-16-55(81)75-24-26-76(27-25-75)61-50-39-51(66)56(49-38-47(78)37-46-13-8-9-14-48(46)49)57(67)58(50)72-64(73-61)68-22-21-54(80)74(6)7/h8-9,13-14,17-20,37-39,41-42,52,60,78H,10-12,15-16,21-36,40H2,1-7H3,(H,70,82)(H,71,79)(H,68,72,73)/t42-,52-,60+/m0/s1. The van der Waals surface area contributed by atoms with E-state index in [4.69, 9.17) is 40.3 Å². The molecule has 21 nitrogen and oxygen atoms in total. The average Bonchev–Trinajstić information content (AvgIpc) is 1.29. The van der Waals surface area contributed by atoms with Crippen molar-refractivity contribution < 1.29 is 57.2 Å². The van der Waals surface area contributed by atoms with E-state index in [2.05, 4.69) is 25.9 Å². The zero-order valence-corrected chi connectivity index (χ0v) is 53.6. The van der Waals surface area contributed by atoms with E-state index in [1.54, 1.807) is 42.5 Å². The fraction of sp³-hybridized carbons (Fsp3) is 0.508. The second-order valence-corrected chi connectivity index (χ2v) is 24.8. The normalized spacial score (nSPS) is 15.2.